The summed E-state index contributed by atoms with van der Waals surface area (Å²) in [6, 6.07) is 12.7. The van der Waals surface area contributed by atoms with Crippen molar-refractivity contribution in [3.8, 4) is 0 Å². The van der Waals surface area contributed by atoms with Gasteiger partial charge in [-0.2, -0.15) is 4.57 Å². The van der Waals surface area contributed by atoms with Crippen molar-refractivity contribution < 1.29 is 19.0 Å². The van der Waals surface area contributed by atoms with Crippen LogP contribution in [0.25, 0.3) is 11.5 Å². The fourth-order valence-corrected chi connectivity index (χ4v) is 2.88. The first-order chi connectivity index (χ1) is 13.5. The number of aryl methyl sites for hydroxylation is 1. The fourth-order valence-electron chi connectivity index (χ4n) is 2.61. The van der Waals surface area contributed by atoms with Gasteiger partial charge in [0.15, 0.2) is 17.4 Å². The number of rotatable bonds is 6. The minimum atomic E-state index is -0.510. The second-order valence-electron chi connectivity index (χ2n) is 6.03. The van der Waals surface area contributed by atoms with Crippen LogP contribution in [0.3, 0.4) is 0 Å². The lowest BCUT2D eigenvalue weighted by atomic mass is 10.1. The predicted octanol–water partition coefficient (Wildman–Crippen LogP) is 2.59. The molecule has 0 saturated heterocycles. The summed E-state index contributed by atoms with van der Waals surface area (Å²) in [5, 5.41) is 27.0. The molecule has 0 bridgehead atoms. The van der Waals surface area contributed by atoms with Gasteiger partial charge in [-0.15, -0.1) is 0 Å². The SMILES string of the molecule is Cc1ccc[n+](/C(C(=S)NCc2ccco2)=C(/[O-])c2ccc([N+](=O)[O-])cc2)c1. The molecule has 0 aliphatic rings. The van der Waals surface area contributed by atoms with Gasteiger partial charge in [0.2, 0.25) is 5.70 Å². The van der Waals surface area contributed by atoms with E-state index in [4.69, 9.17) is 16.6 Å². The Morgan fingerprint density at radius 2 is 1.96 bits per heavy atom. The number of nitrogens with zero attached hydrogens (tertiary/aromatic N) is 2. The highest BCUT2D eigenvalue weighted by Gasteiger charge is 2.19. The van der Waals surface area contributed by atoms with Gasteiger partial charge in [0.25, 0.3) is 5.69 Å². The molecule has 3 aromatic rings. The van der Waals surface area contributed by atoms with Crippen LogP contribution in [0.4, 0.5) is 5.69 Å². The van der Waals surface area contributed by atoms with Gasteiger partial charge in [0.1, 0.15) is 5.76 Å². The number of aromatic nitrogens is 1. The van der Waals surface area contributed by atoms with Crippen LogP contribution in [0.1, 0.15) is 16.9 Å². The number of nitrogens with one attached hydrogen (secondary N) is 1. The van der Waals surface area contributed by atoms with E-state index in [1.165, 1.54) is 24.3 Å². The maximum absolute atomic E-state index is 13.2. The van der Waals surface area contributed by atoms with Crippen molar-refractivity contribution in [2.75, 3.05) is 0 Å². The van der Waals surface area contributed by atoms with Crippen LogP contribution in [-0.4, -0.2) is 9.91 Å². The Morgan fingerprint density at radius 3 is 2.57 bits per heavy atom. The number of non-ortho nitro benzene ring substituents is 1. The van der Waals surface area contributed by atoms with Crippen LogP contribution in [0.2, 0.25) is 0 Å². The van der Waals surface area contributed by atoms with Gasteiger partial charge in [-0.05, 0) is 48.6 Å². The van der Waals surface area contributed by atoms with Gasteiger partial charge in [0.05, 0.1) is 17.7 Å². The smallest absolute Gasteiger partial charge is 0.269 e. The molecule has 142 valence electrons. The van der Waals surface area contributed by atoms with Crippen LogP contribution in [-0.2, 0) is 6.54 Å². The first-order valence-corrected chi connectivity index (χ1v) is 8.81. The zero-order chi connectivity index (χ0) is 20.1. The molecular formula is C20H17N3O4S. The summed E-state index contributed by atoms with van der Waals surface area (Å²) >= 11 is 5.48. The maximum atomic E-state index is 13.2. The van der Waals surface area contributed by atoms with Gasteiger partial charge in [-0.3, -0.25) is 10.1 Å². The number of nitro benzene ring substituents is 1. The third kappa shape index (κ3) is 4.41. The van der Waals surface area contributed by atoms with Gasteiger partial charge < -0.3 is 14.8 Å². The molecule has 2 aromatic heterocycles. The van der Waals surface area contributed by atoms with E-state index in [2.05, 4.69) is 5.32 Å². The van der Waals surface area contributed by atoms with Crippen molar-refractivity contribution in [1.29, 1.82) is 0 Å². The quantitative estimate of drug-likeness (QED) is 0.172. The Morgan fingerprint density at radius 1 is 1.21 bits per heavy atom. The van der Waals surface area contributed by atoms with Crippen molar-refractivity contribution in [1.82, 2.24) is 5.32 Å². The van der Waals surface area contributed by atoms with Crippen molar-refractivity contribution >= 4 is 34.3 Å². The molecule has 0 atom stereocenters. The number of furan rings is 1. The fraction of sp³-hybridized carbons (Fsp3) is 0.100. The van der Waals surface area contributed by atoms with Crippen LogP contribution < -0.4 is 15.0 Å². The standard InChI is InChI=1S/C20H17N3O4S/c1-14-4-2-10-22(13-14)18(20(28)21-12-17-5-3-11-27-17)19(24)15-6-8-16(9-7-15)23(25)26/h2-11,13H,12H2,1H3,(H-,21,24,28). The number of nitro groups is 1. The summed E-state index contributed by atoms with van der Waals surface area (Å²) in [6.07, 6.45) is 5.08. The highest BCUT2D eigenvalue weighted by atomic mass is 32.1. The second-order valence-corrected chi connectivity index (χ2v) is 6.44. The van der Waals surface area contributed by atoms with Crippen molar-refractivity contribution in [3.05, 3.63) is 94.2 Å². The van der Waals surface area contributed by atoms with E-state index in [9.17, 15) is 15.2 Å². The van der Waals surface area contributed by atoms with Gasteiger partial charge in [-0.1, -0.05) is 12.2 Å². The van der Waals surface area contributed by atoms with Gasteiger partial charge in [0, 0.05) is 23.8 Å². The first kappa shape index (κ1) is 19.2. The first-order valence-electron chi connectivity index (χ1n) is 8.40. The van der Waals surface area contributed by atoms with Crippen LogP contribution in [0, 0.1) is 17.0 Å². The predicted molar refractivity (Wildman–Crippen MR) is 106 cm³/mol. The minimum Gasteiger partial charge on any atom is -0.867 e. The molecule has 8 heteroatoms. The number of thiocarbonyl (C=S) groups is 1. The minimum absolute atomic E-state index is 0.0835. The molecule has 0 unspecified atom stereocenters. The largest absolute Gasteiger partial charge is 0.867 e. The molecule has 2 heterocycles. The average molecular weight is 395 g/mol. The Balaban J connectivity index is 1.99. The molecule has 0 aliphatic heterocycles. The molecule has 0 amide bonds. The zero-order valence-electron chi connectivity index (χ0n) is 15.0. The number of pyridine rings is 1. The normalized spacial score (nSPS) is 11.6. The number of benzene rings is 1. The highest BCUT2D eigenvalue weighted by Crippen LogP contribution is 2.19. The third-order valence-corrected chi connectivity index (χ3v) is 4.32. The van der Waals surface area contributed by atoms with E-state index in [1.54, 1.807) is 35.4 Å². The van der Waals surface area contributed by atoms with Crippen LogP contribution in [0.15, 0.2) is 71.6 Å². The average Bonchev–Trinajstić information content (AvgIpc) is 3.20. The zero-order valence-corrected chi connectivity index (χ0v) is 15.8. The number of hydrogen-bond donors (Lipinski definition) is 1. The van der Waals surface area contributed by atoms with E-state index < -0.39 is 4.92 Å². The van der Waals surface area contributed by atoms with Crippen LogP contribution >= 0.6 is 12.2 Å². The molecule has 1 aromatic carbocycles. The van der Waals surface area contributed by atoms with Gasteiger partial charge in [-0.25, -0.2) is 0 Å². The lowest BCUT2D eigenvalue weighted by Crippen LogP contribution is -2.42. The topological polar surface area (TPSA) is 95.2 Å². The summed E-state index contributed by atoms with van der Waals surface area (Å²) in [5.74, 6) is 0.334. The van der Waals surface area contributed by atoms with E-state index in [0.29, 0.717) is 17.9 Å². The van der Waals surface area contributed by atoms with Crippen LogP contribution in [0.5, 0.6) is 0 Å². The maximum Gasteiger partial charge on any atom is 0.269 e. The summed E-state index contributed by atoms with van der Waals surface area (Å²) in [4.78, 5) is 10.6. The summed E-state index contributed by atoms with van der Waals surface area (Å²) in [7, 11) is 0. The van der Waals surface area contributed by atoms with E-state index in [1.807, 2.05) is 19.1 Å². The lowest BCUT2D eigenvalue weighted by molar-refractivity contribution is -0.578. The van der Waals surface area contributed by atoms with Crippen molar-refractivity contribution in [2.24, 2.45) is 0 Å². The Bertz CT molecular complexity index is 1030. The monoisotopic (exact) mass is 395 g/mol. The lowest BCUT2D eigenvalue weighted by Gasteiger charge is -2.16. The Kier molecular flexibility index (Phi) is 5.81. The van der Waals surface area contributed by atoms with Crippen molar-refractivity contribution in [2.45, 2.75) is 13.5 Å². The van der Waals surface area contributed by atoms with Gasteiger partial charge >= 0.3 is 0 Å². The molecule has 0 saturated carbocycles. The summed E-state index contributed by atoms with van der Waals surface area (Å²) < 4.78 is 6.93. The Hall–Kier alpha value is -3.52. The molecule has 0 radical (unpaired) electrons. The molecule has 0 fully saturated rings. The summed E-state index contributed by atoms with van der Waals surface area (Å²) in [5.41, 5.74) is 1.42. The number of hydrogen-bond acceptors (Lipinski definition) is 5. The van der Waals surface area contributed by atoms with E-state index in [0.717, 1.165) is 5.56 Å². The summed E-state index contributed by atoms with van der Waals surface area (Å²) in [6.45, 7) is 2.24. The molecule has 3 rings (SSSR count). The molecule has 7 nitrogen and oxygen atoms in total. The van der Waals surface area contributed by atoms with E-state index >= 15 is 0 Å². The van der Waals surface area contributed by atoms with Crippen molar-refractivity contribution in [3.63, 3.8) is 0 Å². The Labute approximate surface area is 166 Å². The molecule has 0 aliphatic carbocycles. The third-order valence-electron chi connectivity index (χ3n) is 3.98. The molecule has 1 N–H and O–H groups in total. The molecule has 28 heavy (non-hydrogen) atoms. The second kappa shape index (κ2) is 8.45. The molecular weight excluding hydrogens is 378 g/mol. The van der Waals surface area contributed by atoms with E-state index in [-0.39, 0.29) is 22.1 Å². The molecule has 0 spiro atoms. The highest BCUT2D eigenvalue weighted by molar-refractivity contribution is 7.81.